The van der Waals surface area contributed by atoms with Crippen molar-refractivity contribution in [2.24, 2.45) is 0 Å². The number of hydrogen-bond acceptors (Lipinski definition) is 2. The van der Waals surface area contributed by atoms with Gasteiger partial charge in [-0.15, -0.1) is 11.6 Å². The van der Waals surface area contributed by atoms with Gasteiger partial charge in [0.15, 0.2) is 0 Å². The van der Waals surface area contributed by atoms with Crippen LogP contribution in [-0.4, -0.2) is 23.5 Å². The van der Waals surface area contributed by atoms with Gasteiger partial charge in [0.2, 0.25) is 0 Å². The highest BCUT2D eigenvalue weighted by Gasteiger charge is 2.09. The van der Waals surface area contributed by atoms with Crippen molar-refractivity contribution in [2.45, 2.75) is 33.2 Å². The van der Waals surface area contributed by atoms with E-state index in [0.717, 1.165) is 18.7 Å². The largest absolute Gasteiger partial charge is 0.369 e. The molecule has 0 spiro atoms. The first-order valence-electron chi connectivity index (χ1n) is 5.40. The minimum absolute atomic E-state index is 0.495. The number of anilines is 1. The van der Waals surface area contributed by atoms with Crippen molar-refractivity contribution in [3.63, 3.8) is 0 Å². The summed E-state index contributed by atoms with van der Waals surface area (Å²) in [6.45, 7) is 7.42. The Morgan fingerprint density at radius 2 is 2.20 bits per heavy atom. The van der Waals surface area contributed by atoms with Crippen LogP contribution < -0.4 is 4.90 Å². The molecule has 0 saturated heterocycles. The van der Waals surface area contributed by atoms with Crippen LogP contribution in [0.3, 0.4) is 0 Å². The molecule has 1 aromatic heterocycles. The molecule has 1 aromatic rings. The Morgan fingerprint density at radius 3 is 2.73 bits per heavy atom. The van der Waals surface area contributed by atoms with Crippen molar-refractivity contribution in [3.05, 3.63) is 24.0 Å². The maximum absolute atomic E-state index is 5.73. The van der Waals surface area contributed by atoms with Crippen LogP contribution in [0.5, 0.6) is 0 Å². The molecule has 84 valence electrons. The summed E-state index contributed by atoms with van der Waals surface area (Å²) in [7, 11) is 0. The average Bonchev–Trinajstić information content (AvgIpc) is 2.18. The number of hydrogen-bond donors (Lipinski definition) is 0. The van der Waals surface area contributed by atoms with Gasteiger partial charge in [-0.3, -0.25) is 4.98 Å². The lowest BCUT2D eigenvalue weighted by atomic mass is 10.2. The molecular weight excluding hydrogens is 208 g/mol. The normalized spacial score (nSPS) is 10.7. The van der Waals surface area contributed by atoms with Crippen LogP contribution in [0.4, 0.5) is 5.69 Å². The lowest BCUT2D eigenvalue weighted by Gasteiger charge is -2.28. The van der Waals surface area contributed by atoms with Crippen molar-refractivity contribution < 1.29 is 0 Å². The molecule has 0 aliphatic heterocycles. The fourth-order valence-electron chi connectivity index (χ4n) is 1.62. The summed E-state index contributed by atoms with van der Waals surface area (Å²) >= 11 is 5.73. The number of alkyl halides is 1. The molecule has 1 heterocycles. The van der Waals surface area contributed by atoms with Crippen molar-refractivity contribution in [3.8, 4) is 0 Å². The van der Waals surface area contributed by atoms with Crippen molar-refractivity contribution in [1.82, 2.24) is 4.98 Å². The van der Waals surface area contributed by atoms with Gasteiger partial charge in [0, 0.05) is 36.0 Å². The van der Waals surface area contributed by atoms with Crippen LogP contribution in [0.1, 0.15) is 26.0 Å². The Kier molecular flexibility index (Phi) is 4.89. The summed E-state index contributed by atoms with van der Waals surface area (Å²) < 4.78 is 0. The third-order valence-electron chi connectivity index (χ3n) is 2.37. The fourth-order valence-corrected chi connectivity index (χ4v) is 1.74. The first kappa shape index (κ1) is 12.3. The van der Waals surface area contributed by atoms with E-state index in [-0.39, 0.29) is 0 Å². The quantitative estimate of drug-likeness (QED) is 0.717. The molecule has 15 heavy (non-hydrogen) atoms. The van der Waals surface area contributed by atoms with Crippen LogP contribution in [0.15, 0.2) is 18.3 Å². The molecule has 0 unspecified atom stereocenters. The van der Waals surface area contributed by atoms with Gasteiger partial charge in [-0.2, -0.15) is 0 Å². The van der Waals surface area contributed by atoms with E-state index in [4.69, 9.17) is 11.6 Å². The molecule has 0 aromatic carbocycles. The number of aryl methyl sites for hydroxylation is 1. The summed E-state index contributed by atoms with van der Waals surface area (Å²) in [5.74, 6) is 0.716. The Hall–Kier alpha value is -0.760. The fraction of sp³-hybridized carbons (Fsp3) is 0.583. The van der Waals surface area contributed by atoms with E-state index >= 15 is 0 Å². The highest BCUT2D eigenvalue weighted by atomic mass is 35.5. The predicted octanol–water partition coefficient (Wildman–Crippen LogP) is 3.23. The minimum Gasteiger partial charge on any atom is -0.369 e. The van der Waals surface area contributed by atoms with Gasteiger partial charge in [0.1, 0.15) is 0 Å². The van der Waals surface area contributed by atoms with Gasteiger partial charge in [0.05, 0.1) is 0 Å². The molecule has 0 bridgehead atoms. The van der Waals surface area contributed by atoms with E-state index in [2.05, 4.69) is 35.9 Å². The second-order valence-electron chi connectivity index (χ2n) is 3.99. The summed E-state index contributed by atoms with van der Waals surface area (Å²) in [6.07, 6.45) is 2.88. The van der Waals surface area contributed by atoms with E-state index in [1.807, 2.05) is 13.1 Å². The molecule has 2 nitrogen and oxygen atoms in total. The lowest BCUT2D eigenvalue weighted by molar-refractivity contribution is 0.672. The summed E-state index contributed by atoms with van der Waals surface area (Å²) in [5.41, 5.74) is 2.30. The molecule has 0 amide bonds. The smallest absolute Gasteiger partial charge is 0.0402 e. The Morgan fingerprint density at radius 1 is 1.47 bits per heavy atom. The van der Waals surface area contributed by atoms with Gasteiger partial charge >= 0.3 is 0 Å². The van der Waals surface area contributed by atoms with E-state index < -0.39 is 0 Å². The Balaban J connectivity index is 2.79. The third kappa shape index (κ3) is 3.71. The predicted molar refractivity (Wildman–Crippen MR) is 66.8 cm³/mol. The molecule has 3 heteroatoms. The highest BCUT2D eigenvalue weighted by molar-refractivity contribution is 6.17. The van der Waals surface area contributed by atoms with Gasteiger partial charge in [-0.25, -0.2) is 0 Å². The lowest BCUT2D eigenvalue weighted by Crippen LogP contribution is -2.32. The maximum Gasteiger partial charge on any atom is 0.0402 e. The second-order valence-corrected chi connectivity index (χ2v) is 4.36. The number of aromatic nitrogens is 1. The summed E-state index contributed by atoms with van der Waals surface area (Å²) in [5, 5.41) is 0. The monoisotopic (exact) mass is 226 g/mol. The standard InChI is InChI=1S/C12H19ClN2/c1-10(2)15(8-4-6-13)12-5-7-14-11(3)9-12/h5,7,9-10H,4,6,8H2,1-3H3. The highest BCUT2D eigenvalue weighted by Crippen LogP contribution is 2.17. The first-order valence-corrected chi connectivity index (χ1v) is 5.94. The van der Waals surface area contributed by atoms with E-state index in [1.165, 1.54) is 5.69 Å². The van der Waals surface area contributed by atoms with Crippen LogP contribution in [-0.2, 0) is 0 Å². The zero-order chi connectivity index (χ0) is 11.3. The first-order chi connectivity index (χ1) is 7.15. The third-order valence-corrected chi connectivity index (χ3v) is 2.64. The van der Waals surface area contributed by atoms with Crippen LogP contribution in [0.25, 0.3) is 0 Å². The molecule has 0 fully saturated rings. The van der Waals surface area contributed by atoms with Crippen molar-refractivity contribution >= 4 is 17.3 Å². The minimum atomic E-state index is 0.495. The molecule has 0 atom stereocenters. The number of rotatable bonds is 5. The van der Waals surface area contributed by atoms with Crippen LogP contribution in [0.2, 0.25) is 0 Å². The molecule has 0 aliphatic carbocycles. The SMILES string of the molecule is Cc1cc(N(CCCCl)C(C)C)ccn1. The zero-order valence-electron chi connectivity index (χ0n) is 9.70. The molecule has 0 N–H and O–H groups in total. The van der Waals surface area contributed by atoms with E-state index in [1.54, 1.807) is 0 Å². The zero-order valence-corrected chi connectivity index (χ0v) is 10.5. The molecule has 0 saturated carbocycles. The number of halogens is 1. The summed E-state index contributed by atoms with van der Waals surface area (Å²) in [6, 6.07) is 4.67. The van der Waals surface area contributed by atoms with Crippen LogP contribution in [0, 0.1) is 6.92 Å². The molecule has 1 rings (SSSR count). The molecular formula is C12H19ClN2. The Bertz CT molecular complexity index is 299. The van der Waals surface area contributed by atoms with Gasteiger partial charge in [0.25, 0.3) is 0 Å². The molecule has 0 aliphatic rings. The van der Waals surface area contributed by atoms with Gasteiger partial charge < -0.3 is 4.90 Å². The average molecular weight is 227 g/mol. The van der Waals surface area contributed by atoms with Crippen LogP contribution >= 0.6 is 11.6 Å². The topological polar surface area (TPSA) is 16.1 Å². The van der Waals surface area contributed by atoms with Crippen molar-refractivity contribution in [2.75, 3.05) is 17.3 Å². The van der Waals surface area contributed by atoms with E-state index in [0.29, 0.717) is 11.9 Å². The number of nitrogens with zero attached hydrogens (tertiary/aromatic N) is 2. The Labute approximate surface area is 97.3 Å². The maximum atomic E-state index is 5.73. The van der Waals surface area contributed by atoms with Gasteiger partial charge in [-0.1, -0.05) is 0 Å². The molecule has 0 radical (unpaired) electrons. The number of pyridine rings is 1. The van der Waals surface area contributed by atoms with Gasteiger partial charge in [-0.05, 0) is 39.3 Å². The van der Waals surface area contributed by atoms with Crippen molar-refractivity contribution in [1.29, 1.82) is 0 Å². The summed E-state index contributed by atoms with van der Waals surface area (Å²) in [4.78, 5) is 6.57. The van der Waals surface area contributed by atoms with E-state index in [9.17, 15) is 0 Å². The second kappa shape index (κ2) is 5.96.